The number of fused-ring (bicyclic) bond motifs is 1. The number of hydrogen-bond acceptors (Lipinski definition) is 5. The van der Waals surface area contributed by atoms with Gasteiger partial charge in [0, 0.05) is 11.1 Å². The minimum Gasteiger partial charge on any atom is -0.484 e. The van der Waals surface area contributed by atoms with E-state index in [0.29, 0.717) is 22.2 Å². The van der Waals surface area contributed by atoms with Crippen molar-refractivity contribution in [3.63, 3.8) is 0 Å². The molecule has 4 rings (SSSR count). The molecule has 0 fully saturated rings. The van der Waals surface area contributed by atoms with Crippen LogP contribution in [-0.4, -0.2) is 28.2 Å². The first-order chi connectivity index (χ1) is 15.5. The van der Waals surface area contributed by atoms with Crippen molar-refractivity contribution in [3.8, 4) is 5.75 Å². The maximum atomic E-state index is 13.1. The van der Waals surface area contributed by atoms with E-state index in [2.05, 4.69) is 10.4 Å². The van der Waals surface area contributed by atoms with Crippen molar-refractivity contribution in [2.75, 3.05) is 11.9 Å². The van der Waals surface area contributed by atoms with Gasteiger partial charge in [0.1, 0.15) is 5.75 Å². The summed E-state index contributed by atoms with van der Waals surface area (Å²) < 4.78 is 6.52. The van der Waals surface area contributed by atoms with Crippen LogP contribution in [0.5, 0.6) is 5.75 Å². The number of nitrogens with two attached hydrogens (primary N) is 1. The van der Waals surface area contributed by atoms with Gasteiger partial charge in [0.15, 0.2) is 12.3 Å². The second kappa shape index (κ2) is 9.13. The van der Waals surface area contributed by atoms with Crippen LogP contribution < -0.4 is 21.3 Å². The summed E-state index contributed by atoms with van der Waals surface area (Å²) in [5.41, 5.74) is 6.35. The highest BCUT2D eigenvalue weighted by molar-refractivity contribution is 6.11. The molecule has 0 aliphatic rings. The number of hydrogen-bond donors (Lipinski definition) is 2. The average Bonchev–Trinajstić information content (AvgIpc) is 2.81. The molecule has 0 spiro atoms. The molecule has 0 aliphatic carbocycles. The zero-order chi connectivity index (χ0) is 22.5. The van der Waals surface area contributed by atoms with Gasteiger partial charge in [-0.3, -0.25) is 14.4 Å². The van der Waals surface area contributed by atoms with Gasteiger partial charge in [0.25, 0.3) is 17.4 Å². The zero-order valence-electron chi connectivity index (χ0n) is 17.0. The van der Waals surface area contributed by atoms with Gasteiger partial charge in [-0.25, -0.2) is 4.68 Å². The third-order valence-corrected chi connectivity index (χ3v) is 4.75. The Hall–Kier alpha value is -4.46. The Kier molecular flexibility index (Phi) is 5.94. The first kappa shape index (κ1) is 20.8. The van der Waals surface area contributed by atoms with Crippen LogP contribution >= 0.6 is 0 Å². The second-order valence-corrected chi connectivity index (χ2v) is 7.08. The van der Waals surface area contributed by atoms with Crippen LogP contribution in [0.15, 0.2) is 83.7 Å². The fourth-order valence-electron chi connectivity index (χ4n) is 3.25. The number of nitrogens with one attached hydrogen (secondary N) is 1. The summed E-state index contributed by atoms with van der Waals surface area (Å²) in [4.78, 5) is 36.8. The van der Waals surface area contributed by atoms with Crippen molar-refractivity contribution in [2.24, 2.45) is 5.73 Å². The van der Waals surface area contributed by atoms with E-state index in [0.717, 1.165) is 5.56 Å². The first-order valence-electron chi connectivity index (χ1n) is 9.87. The Morgan fingerprint density at radius 3 is 2.25 bits per heavy atom. The molecule has 0 unspecified atom stereocenters. The van der Waals surface area contributed by atoms with E-state index in [1.165, 1.54) is 4.68 Å². The lowest BCUT2D eigenvalue weighted by atomic mass is 10.1. The number of rotatable bonds is 7. The fourth-order valence-corrected chi connectivity index (χ4v) is 3.25. The largest absolute Gasteiger partial charge is 0.484 e. The van der Waals surface area contributed by atoms with Gasteiger partial charge in [0.05, 0.1) is 11.9 Å². The van der Waals surface area contributed by atoms with E-state index in [1.54, 1.807) is 48.5 Å². The Morgan fingerprint density at radius 2 is 1.56 bits per heavy atom. The van der Waals surface area contributed by atoms with E-state index < -0.39 is 11.8 Å². The van der Waals surface area contributed by atoms with Crippen molar-refractivity contribution in [2.45, 2.75) is 6.54 Å². The molecular weight excluding hydrogens is 408 g/mol. The number of benzene rings is 3. The Labute approximate surface area is 183 Å². The second-order valence-electron chi connectivity index (χ2n) is 7.08. The van der Waals surface area contributed by atoms with Gasteiger partial charge in [-0.2, -0.15) is 5.10 Å². The molecule has 4 aromatic rings. The van der Waals surface area contributed by atoms with Gasteiger partial charge in [-0.1, -0.05) is 48.5 Å². The van der Waals surface area contributed by atoms with Crippen LogP contribution in [0, 0.1) is 0 Å². The monoisotopic (exact) mass is 428 g/mol. The topological polar surface area (TPSA) is 116 Å². The van der Waals surface area contributed by atoms with Crippen LogP contribution in [-0.2, 0) is 11.3 Å². The lowest BCUT2D eigenvalue weighted by Gasteiger charge is -2.12. The highest BCUT2D eigenvalue weighted by Gasteiger charge is 2.17. The van der Waals surface area contributed by atoms with Gasteiger partial charge < -0.3 is 15.8 Å². The summed E-state index contributed by atoms with van der Waals surface area (Å²) in [6.07, 6.45) is 0. The van der Waals surface area contributed by atoms with Gasteiger partial charge in [-0.15, -0.1) is 0 Å². The number of carbonyl (C=O) groups is 2. The quantitative estimate of drug-likeness (QED) is 0.469. The summed E-state index contributed by atoms with van der Waals surface area (Å²) >= 11 is 0. The molecule has 8 heteroatoms. The molecule has 0 aliphatic heterocycles. The molecule has 8 nitrogen and oxygen atoms in total. The number of nitrogens with zero attached hydrogens (tertiary/aromatic N) is 2. The summed E-state index contributed by atoms with van der Waals surface area (Å²) in [7, 11) is 0. The molecule has 0 saturated carbocycles. The van der Waals surface area contributed by atoms with Crippen molar-refractivity contribution < 1.29 is 14.3 Å². The Bertz CT molecular complexity index is 1330. The SMILES string of the molecule is NC(=O)COc1ccc(NC(=O)c2nn(Cc3ccccc3)c(=O)c3ccccc23)cc1. The van der Waals surface area contributed by atoms with Crippen LogP contribution in [0.3, 0.4) is 0 Å². The van der Waals surface area contributed by atoms with E-state index in [9.17, 15) is 14.4 Å². The van der Waals surface area contributed by atoms with Gasteiger partial charge >= 0.3 is 0 Å². The summed E-state index contributed by atoms with van der Waals surface area (Å²) in [5.74, 6) is -0.582. The molecular formula is C24H20N4O4. The molecule has 0 bridgehead atoms. The first-order valence-corrected chi connectivity index (χ1v) is 9.87. The van der Waals surface area contributed by atoms with Crippen LogP contribution in [0.2, 0.25) is 0 Å². The third kappa shape index (κ3) is 4.65. The van der Waals surface area contributed by atoms with Crippen molar-refractivity contribution in [1.29, 1.82) is 0 Å². The fraction of sp³-hybridized carbons (Fsp3) is 0.0833. The Balaban J connectivity index is 1.64. The van der Waals surface area contributed by atoms with E-state index in [1.807, 2.05) is 30.3 Å². The maximum absolute atomic E-state index is 13.1. The summed E-state index contributed by atoms with van der Waals surface area (Å²) in [5, 5.41) is 8.05. The minimum atomic E-state index is -0.578. The van der Waals surface area contributed by atoms with Crippen LogP contribution in [0.25, 0.3) is 10.8 Å². The molecule has 2 amide bonds. The maximum Gasteiger partial charge on any atom is 0.276 e. The van der Waals surface area contributed by atoms with Gasteiger partial charge in [0.2, 0.25) is 0 Å². The number of amides is 2. The van der Waals surface area contributed by atoms with Crippen molar-refractivity contribution in [3.05, 3.63) is 100 Å². The van der Waals surface area contributed by atoms with E-state index in [4.69, 9.17) is 10.5 Å². The zero-order valence-corrected chi connectivity index (χ0v) is 17.0. The third-order valence-electron chi connectivity index (χ3n) is 4.75. The lowest BCUT2D eigenvalue weighted by molar-refractivity contribution is -0.119. The summed E-state index contributed by atoms with van der Waals surface area (Å²) in [6.45, 7) is 0.0151. The predicted octanol–water partition coefficient (Wildman–Crippen LogP) is 2.56. The number of primary amides is 1. The molecule has 32 heavy (non-hydrogen) atoms. The molecule has 1 aromatic heterocycles. The molecule has 0 saturated heterocycles. The van der Waals surface area contributed by atoms with Crippen LogP contribution in [0.1, 0.15) is 16.1 Å². The smallest absolute Gasteiger partial charge is 0.276 e. The number of aromatic nitrogens is 2. The molecule has 1 heterocycles. The number of carbonyl (C=O) groups excluding carboxylic acids is 2. The minimum absolute atomic E-state index is 0.144. The van der Waals surface area contributed by atoms with Crippen LogP contribution in [0.4, 0.5) is 5.69 Å². The van der Waals surface area contributed by atoms with E-state index in [-0.39, 0.29) is 24.4 Å². The average molecular weight is 428 g/mol. The molecule has 0 radical (unpaired) electrons. The molecule has 160 valence electrons. The Morgan fingerprint density at radius 1 is 0.906 bits per heavy atom. The predicted molar refractivity (Wildman–Crippen MR) is 121 cm³/mol. The summed E-state index contributed by atoms with van der Waals surface area (Å²) in [6, 6.07) is 22.8. The van der Waals surface area contributed by atoms with Crippen molar-refractivity contribution >= 4 is 28.3 Å². The normalized spacial score (nSPS) is 10.6. The standard InChI is InChI=1S/C24H20N4O4/c25-21(29)15-32-18-12-10-17(11-13-18)26-23(30)22-19-8-4-5-9-20(19)24(31)28(27-22)14-16-6-2-1-3-7-16/h1-13H,14-15H2,(H2,25,29)(H,26,30). The molecule has 3 aromatic carbocycles. The lowest BCUT2D eigenvalue weighted by Crippen LogP contribution is -2.28. The number of anilines is 1. The highest BCUT2D eigenvalue weighted by atomic mass is 16.5. The molecule has 3 N–H and O–H groups in total. The number of ether oxygens (including phenoxy) is 1. The van der Waals surface area contributed by atoms with E-state index >= 15 is 0 Å². The van der Waals surface area contributed by atoms with Gasteiger partial charge in [-0.05, 0) is 35.9 Å². The highest BCUT2D eigenvalue weighted by Crippen LogP contribution is 2.19. The van der Waals surface area contributed by atoms with Crippen molar-refractivity contribution in [1.82, 2.24) is 9.78 Å². The molecule has 0 atom stereocenters.